The van der Waals surface area contributed by atoms with E-state index in [0.29, 0.717) is 11.1 Å². The Kier molecular flexibility index (Phi) is 6.78. The predicted octanol–water partition coefficient (Wildman–Crippen LogP) is 4.76. The Balaban J connectivity index is 1.74. The number of fused-ring (bicyclic) bond motifs is 1. The molecule has 13 heteroatoms. The summed E-state index contributed by atoms with van der Waals surface area (Å²) in [6.07, 6.45) is -6.69. The SMILES string of the molecule is COc1c(C2C(C(=O)Nc3ccc4c(c3)CNC4=O)OC(C)(C(F)(F)F)C2C)ccc(OC(F)F)c1F. The van der Waals surface area contributed by atoms with E-state index in [0.717, 1.165) is 26.2 Å². The van der Waals surface area contributed by atoms with Crippen molar-refractivity contribution in [2.75, 3.05) is 12.4 Å². The van der Waals surface area contributed by atoms with Gasteiger partial charge in [-0.3, -0.25) is 9.59 Å². The van der Waals surface area contributed by atoms with Gasteiger partial charge in [-0.05, 0) is 36.8 Å². The first-order chi connectivity index (χ1) is 17.3. The summed E-state index contributed by atoms with van der Waals surface area (Å²) in [7, 11) is 1.01. The molecule has 4 rings (SSSR count). The van der Waals surface area contributed by atoms with E-state index in [1.807, 2.05) is 0 Å². The summed E-state index contributed by atoms with van der Waals surface area (Å²) in [6, 6.07) is 6.27. The van der Waals surface area contributed by atoms with Gasteiger partial charge in [0, 0.05) is 35.2 Å². The molecule has 0 bridgehead atoms. The molecule has 37 heavy (non-hydrogen) atoms. The van der Waals surface area contributed by atoms with Crippen LogP contribution in [-0.4, -0.2) is 43.4 Å². The molecule has 2 aromatic rings. The lowest BCUT2D eigenvalue weighted by molar-refractivity contribution is -0.272. The number of rotatable bonds is 6. The number of benzene rings is 2. The van der Waals surface area contributed by atoms with Crippen molar-refractivity contribution in [1.82, 2.24) is 5.32 Å². The van der Waals surface area contributed by atoms with Crippen molar-refractivity contribution in [1.29, 1.82) is 0 Å². The number of hydrogen-bond donors (Lipinski definition) is 2. The van der Waals surface area contributed by atoms with Gasteiger partial charge in [0.2, 0.25) is 5.82 Å². The Labute approximate surface area is 207 Å². The van der Waals surface area contributed by atoms with Crippen molar-refractivity contribution < 1.29 is 50.1 Å². The molecule has 2 amide bonds. The number of carbonyl (C=O) groups is 2. The van der Waals surface area contributed by atoms with Crippen LogP contribution in [0.4, 0.5) is 32.0 Å². The van der Waals surface area contributed by atoms with Crippen LogP contribution in [0.25, 0.3) is 0 Å². The molecule has 4 unspecified atom stereocenters. The smallest absolute Gasteiger partial charge is 0.417 e. The van der Waals surface area contributed by atoms with Crippen molar-refractivity contribution in [2.45, 2.75) is 50.8 Å². The van der Waals surface area contributed by atoms with E-state index in [9.17, 15) is 35.9 Å². The summed E-state index contributed by atoms with van der Waals surface area (Å²) in [6.45, 7) is -1.17. The van der Waals surface area contributed by atoms with Crippen LogP contribution in [0.5, 0.6) is 11.5 Å². The van der Waals surface area contributed by atoms with Crippen LogP contribution >= 0.6 is 0 Å². The molecule has 1 saturated heterocycles. The lowest BCUT2D eigenvalue weighted by atomic mass is 9.77. The normalized spacial score (nSPS) is 25.1. The molecule has 2 aliphatic heterocycles. The second-order valence-electron chi connectivity index (χ2n) is 8.88. The minimum atomic E-state index is -4.91. The first-order valence-corrected chi connectivity index (χ1v) is 11.1. The summed E-state index contributed by atoms with van der Waals surface area (Å²) in [5, 5.41) is 5.11. The topological polar surface area (TPSA) is 85.9 Å². The lowest BCUT2D eigenvalue weighted by Crippen LogP contribution is -2.47. The van der Waals surface area contributed by atoms with Gasteiger partial charge >= 0.3 is 12.8 Å². The zero-order valence-corrected chi connectivity index (χ0v) is 19.7. The number of anilines is 1. The molecule has 4 atom stereocenters. The Morgan fingerprint density at radius 1 is 1.24 bits per heavy atom. The highest BCUT2D eigenvalue weighted by atomic mass is 19.4. The number of methoxy groups -OCH3 is 1. The van der Waals surface area contributed by atoms with E-state index in [1.165, 1.54) is 25.1 Å². The third-order valence-electron chi connectivity index (χ3n) is 6.86. The maximum Gasteiger partial charge on any atom is 0.417 e. The molecular weight excluding hydrogens is 510 g/mol. The minimum absolute atomic E-state index is 0.189. The molecule has 2 aliphatic rings. The van der Waals surface area contributed by atoms with Gasteiger partial charge < -0.3 is 24.8 Å². The van der Waals surface area contributed by atoms with Crippen molar-refractivity contribution in [2.24, 2.45) is 5.92 Å². The van der Waals surface area contributed by atoms with E-state index in [2.05, 4.69) is 15.4 Å². The molecule has 0 saturated carbocycles. The Bertz CT molecular complexity index is 1240. The molecule has 0 aliphatic carbocycles. The summed E-state index contributed by atoms with van der Waals surface area (Å²) in [4.78, 5) is 25.0. The molecule has 7 nitrogen and oxygen atoms in total. The van der Waals surface area contributed by atoms with Crippen LogP contribution in [0.2, 0.25) is 0 Å². The largest absolute Gasteiger partial charge is 0.493 e. The Morgan fingerprint density at radius 2 is 1.95 bits per heavy atom. The van der Waals surface area contributed by atoms with E-state index >= 15 is 0 Å². The number of amides is 2. The Hall–Kier alpha value is -3.48. The maximum absolute atomic E-state index is 15.0. The molecular formula is C24H22F6N2O5. The van der Waals surface area contributed by atoms with Crippen LogP contribution in [0.3, 0.4) is 0 Å². The molecule has 0 aromatic heterocycles. The number of nitrogens with one attached hydrogen (secondary N) is 2. The highest BCUT2D eigenvalue weighted by Gasteiger charge is 2.66. The fraction of sp³-hybridized carbons (Fsp3) is 0.417. The van der Waals surface area contributed by atoms with Crippen LogP contribution < -0.4 is 20.1 Å². The maximum atomic E-state index is 15.0. The molecule has 2 N–H and O–H groups in total. The molecule has 0 spiro atoms. The molecule has 200 valence electrons. The fourth-order valence-electron chi connectivity index (χ4n) is 4.76. The molecule has 2 heterocycles. The quantitative estimate of drug-likeness (QED) is 0.525. The second kappa shape index (κ2) is 9.43. The van der Waals surface area contributed by atoms with Gasteiger partial charge in [0.25, 0.3) is 11.8 Å². The standard InChI is InChI=1S/C24H22F6N2O5/c1-10-16(14-6-7-15(36-22(26)27)17(25)18(14)35-3)19(37-23(10,2)24(28,29)30)21(34)32-12-4-5-13-11(8-12)9-31-20(13)33/h4-8,10,16,19,22H,9H2,1-3H3,(H,31,33)(H,32,34). The van der Waals surface area contributed by atoms with Crippen LogP contribution in [0, 0.1) is 11.7 Å². The van der Waals surface area contributed by atoms with Gasteiger partial charge in [-0.15, -0.1) is 0 Å². The fourth-order valence-corrected chi connectivity index (χ4v) is 4.76. The van der Waals surface area contributed by atoms with E-state index < -0.39 is 59.6 Å². The third kappa shape index (κ3) is 4.56. The highest BCUT2D eigenvalue weighted by molar-refractivity contribution is 6.00. The number of hydrogen-bond acceptors (Lipinski definition) is 5. The van der Waals surface area contributed by atoms with Crippen LogP contribution in [0.15, 0.2) is 30.3 Å². The van der Waals surface area contributed by atoms with Crippen molar-refractivity contribution >= 4 is 17.5 Å². The summed E-state index contributed by atoms with van der Waals surface area (Å²) >= 11 is 0. The highest BCUT2D eigenvalue weighted by Crippen LogP contribution is 2.55. The first-order valence-electron chi connectivity index (χ1n) is 11.1. The van der Waals surface area contributed by atoms with Crippen molar-refractivity contribution in [3.63, 3.8) is 0 Å². The summed E-state index contributed by atoms with van der Waals surface area (Å²) in [5.41, 5.74) is -1.81. The zero-order valence-electron chi connectivity index (χ0n) is 19.7. The van der Waals surface area contributed by atoms with Gasteiger partial charge in [-0.2, -0.15) is 26.3 Å². The number of ether oxygens (including phenoxy) is 3. The second-order valence-corrected chi connectivity index (χ2v) is 8.88. The third-order valence-corrected chi connectivity index (χ3v) is 6.86. The lowest BCUT2D eigenvalue weighted by Gasteiger charge is -2.32. The average Bonchev–Trinajstić information content (AvgIpc) is 3.32. The average molecular weight is 532 g/mol. The van der Waals surface area contributed by atoms with Gasteiger partial charge in [-0.1, -0.05) is 13.0 Å². The van der Waals surface area contributed by atoms with Crippen molar-refractivity contribution in [3.8, 4) is 11.5 Å². The van der Waals surface area contributed by atoms with Crippen LogP contribution in [0.1, 0.15) is 41.3 Å². The molecule has 1 fully saturated rings. The number of carbonyl (C=O) groups excluding carboxylic acids is 2. The van der Waals surface area contributed by atoms with Crippen LogP contribution in [-0.2, 0) is 16.1 Å². The van der Waals surface area contributed by atoms with E-state index in [1.54, 1.807) is 0 Å². The van der Waals surface area contributed by atoms with Gasteiger partial charge in [0.05, 0.1) is 7.11 Å². The first kappa shape index (κ1) is 26.6. The monoisotopic (exact) mass is 532 g/mol. The number of halogens is 6. The van der Waals surface area contributed by atoms with Crippen molar-refractivity contribution in [3.05, 3.63) is 52.8 Å². The zero-order chi connectivity index (χ0) is 27.3. The molecule has 2 aromatic carbocycles. The summed E-state index contributed by atoms with van der Waals surface area (Å²) < 4.78 is 97.0. The van der Waals surface area contributed by atoms with E-state index in [-0.39, 0.29) is 23.7 Å². The van der Waals surface area contributed by atoms with E-state index in [4.69, 9.17) is 9.47 Å². The molecule has 0 radical (unpaired) electrons. The predicted molar refractivity (Wildman–Crippen MR) is 117 cm³/mol. The van der Waals surface area contributed by atoms with Gasteiger partial charge in [-0.25, -0.2) is 0 Å². The van der Waals surface area contributed by atoms with Gasteiger partial charge in [0.1, 0.15) is 6.10 Å². The number of alkyl halides is 5. The van der Waals surface area contributed by atoms with Gasteiger partial charge in [0.15, 0.2) is 17.1 Å². The minimum Gasteiger partial charge on any atom is -0.493 e. The Morgan fingerprint density at radius 3 is 2.57 bits per heavy atom. The summed E-state index contributed by atoms with van der Waals surface area (Å²) in [5.74, 6) is -6.96.